The minimum absolute atomic E-state index is 0.0413. The highest BCUT2D eigenvalue weighted by molar-refractivity contribution is 7.13. The predicted molar refractivity (Wildman–Crippen MR) is 69.5 cm³/mol. The summed E-state index contributed by atoms with van der Waals surface area (Å²) < 4.78 is 6.15. The van der Waals surface area contributed by atoms with Crippen molar-refractivity contribution in [3.63, 3.8) is 0 Å². The number of thiophene rings is 1. The van der Waals surface area contributed by atoms with E-state index in [4.69, 9.17) is 4.74 Å². The van der Waals surface area contributed by atoms with E-state index in [2.05, 4.69) is 31.3 Å². The summed E-state index contributed by atoms with van der Waals surface area (Å²) in [7, 11) is 0. The third kappa shape index (κ3) is 2.98. The van der Waals surface area contributed by atoms with E-state index in [-0.39, 0.29) is 5.60 Å². The van der Waals surface area contributed by atoms with Gasteiger partial charge in [0.15, 0.2) is 5.06 Å². The molecule has 3 heteroatoms. The summed E-state index contributed by atoms with van der Waals surface area (Å²) in [6, 6.07) is 4.33. The average molecular weight is 239 g/mol. The van der Waals surface area contributed by atoms with Gasteiger partial charge in [-0.1, -0.05) is 13.3 Å². The van der Waals surface area contributed by atoms with Crippen molar-refractivity contribution in [2.75, 3.05) is 13.1 Å². The molecule has 1 aliphatic rings. The van der Waals surface area contributed by atoms with Crippen molar-refractivity contribution in [3.8, 4) is 5.06 Å². The first-order chi connectivity index (χ1) is 7.72. The molecule has 0 bridgehead atoms. The van der Waals surface area contributed by atoms with E-state index in [1.165, 1.54) is 17.7 Å². The van der Waals surface area contributed by atoms with Crippen LogP contribution < -0.4 is 10.1 Å². The second kappa shape index (κ2) is 5.19. The van der Waals surface area contributed by atoms with Gasteiger partial charge in [-0.05, 0) is 51.4 Å². The quantitative estimate of drug-likeness (QED) is 0.871. The van der Waals surface area contributed by atoms with E-state index in [0.717, 1.165) is 31.0 Å². The topological polar surface area (TPSA) is 21.3 Å². The molecule has 0 atom stereocenters. The molecule has 0 aromatic carbocycles. The lowest BCUT2D eigenvalue weighted by atomic mass is 9.95. The van der Waals surface area contributed by atoms with Gasteiger partial charge in [0.1, 0.15) is 5.60 Å². The molecule has 0 aliphatic carbocycles. The largest absolute Gasteiger partial charge is 0.478 e. The van der Waals surface area contributed by atoms with Crippen molar-refractivity contribution in [1.29, 1.82) is 0 Å². The lowest BCUT2D eigenvalue weighted by Gasteiger charge is -2.33. The number of hydrogen-bond donors (Lipinski definition) is 1. The molecule has 90 valence electrons. The maximum absolute atomic E-state index is 6.15. The Morgan fingerprint density at radius 3 is 2.81 bits per heavy atom. The van der Waals surface area contributed by atoms with Crippen LogP contribution in [-0.2, 0) is 6.42 Å². The Morgan fingerprint density at radius 1 is 1.38 bits per heavy atom. The molecule has 1 aliphatic heterocycles. The van der Waals surface area contributed by atoms with Gasteiger partial charge in [0.2, 0.25) is 0 Å². The molecule has 2 heterocycles. The summed E-state index contributed by atoms with van der Waals surface area (Å²) in [5.41, 5.74) is 0.0413. The van der Waals surface area contributed by atoms with Gasteiger partial charge in [0.05, 0.1) is 0 Å². The summed E-state index contributed by atoms with van der Waals surface area (Å²) in [4.78, 5) is 1.44. The molecule has 0 radical (unpaired) electrons. The number of hydrogen-bond acceptors (Lipinski definition) is 3. The standard InChI is InChI=1S/C13H21NOS/c1-3-4-11-5-6-12(16-11)15-13(2)7-9-14-10-8-13/h5-6,14H,3-4,7-10H2,1-2H3. The van der Waals surface area contributed by atoms with Gasteiger partial charge in [-0.15, -0.1) is 11.3 Å². The van der Waals surface area contributed by atoms with Gasteiger partial charge >= 0.3 is 0 Å². The Hall–Kier alpha value is -0.540. The molecule has 1 fully saturated rings. The van der Waals surface area contributed by atoms with Crippen LogP contribution in [-0.4, -0.2) is 18.7 Å². The lowest BCUT2D eigenvalue weighted by molar-refractivity contribution is 0.0596. The zero-order chi connectivity index (χ0) is 11.4. The Labute approximate surface area is 102 Å². The van der Waals surface area contributed by atoms with Crippen LogP contribution in [0.5, 0.6) is 5.06 Å². The predicted octanol–water partition coefficient (Wildman–Crippen LogP) is 3.22. The Bertz CT molecular complexity index is 328. The first kappa shape index (κ1) is 11.9. The Balaban J connectivity index is 1.96. The van der Waals surface area contributed by atoms with Crippen molar-refractivity contribution >= 4 is 11.3 Å². The Morgan fingerprint density at radius 2 is 2.12 bits per heavy atom. The normalized spacial score (nSPS) is 19.6. The minimum Gasteiger partial charge on any atom is -0.478 e. The van der Waals surface area contributed by atoms with E-state index in [1.54, 1.807) is 0 Å². The maximum Gasteiger partial charge on any atom is 0.174 e. The van der Waals surface area contributed by atoms with Gasteiger partial charge in [-0.2, -0.15) is 0 Å². The number of piperidine rings is 1. The van der Waals surface area contributed by atoms with Crippen LogP contribution in [0.4, 0.5) is 0 Å². The smallest absolute Gasteiger partial charge is 0.174 e. The first-order valence-electron chi connectivity index (χ1n) is 6.20. The molecule has 2 rings (SSSR count). The first-order valence-corrected chi connectivity index (χ1v) is 7.02. The molecule has 0 amide bonds. The highest BCUT2D eigenvalue weighted by Crippen LogP contribution is 2.32. The molecule has 0 spiro atoms. The molecular formula is C13H21NOS. The fraction of sp³-hybridized carbons (Fsp3) is 0.692. The molecule has 16 heavy (non-hydrogen) atoms. The summed E-state index contributed by atoms with van der Waals surface area (Å²) in [5, 5.41) is 4.47. The number of aryl methyl sites for hydroxylation is 1. The van der Waals surface area contributed by atoms with Crippen LogP contribution in [0.3, 0.4) is 0 Å². The number of rotatable bonds is 4. The van der Waals surface area contributed by atoms with E-state index in [1.807, 2.05) is 11.3 Å². The fourth-order valence-electron chi connectivity index (χ4n) is 2.09. The highest BCUT2D eigenvalue weighted by Gasteiger charge is 2.29. The molecular weight excluding hydrogens is 218 g/mol. The second-order valence-corrected chi connectivity index (χ2v) is 5.90. The van der Waals surface area contributed by atoms with Crippen molar-refractivity contribution in [3.05, 3.63) is 17.0 Å². The van der Waals surface area contributed by atoms with Crippen molar-refractivity contribution in [1.82, 2.24) is 5.32 Å². The van der Waals surface area contributed by atoms with Gasteiger partial charge in [0, 0.05) is 4.88 Å². The molecule has 0 saturated carbocycles. The van der Waals surface area contributed by atoms with Crippen molar-refractivity contribution in [2.45, 2.75) is 45.1 Å². The summed E-state index contributed by atoms with van der Waals surface area (Å²) in [5.74, 6) is 0. The summed E-state index contributed by atoms with van der Waals surface area (Å²) in [6.45, 7) is 6.59. The molecule has 0 unspecified atom stereocenters. The third-order valence-electron chi connectivity index (χ3n) is 3.14. The van der Waals surface area contributed by atoms with E-state index >= 15 is 0 Å². The monoisotopic (exact) mass is 239 g/mol. The van der Waals surface area contributed by atoms with E-state index in [9.17, 15) is 0 Å². The van der Waals surface area contributed by atoms with Crippen LogP contribution in [0.2, 0.25) is 0 Å². The summed E-state index contributed by atoms with van der Waals surface area (Å²) in [6.07, 6.45) is 4.59. The SMILES string of the molecule is CCCc1ccc(OC2(C)CCNCC2)s1. The van der Waals surface area contributed by atoms with Crippen LogP contribution in [0.25, 0.3) is 0 Å². The summed E-state index contributed by atoms with van der Waals surface area (Å²) >= 11 is 1.81. The number of nitrogens with one attached hydrogen (secondary N) is 1. The molecule has 2 nitrogen and oxygen atoms in total. The zero-order valence-corrected chi connectivity index (χ0v) is 11.0. The second-order valence-electron chi connectivity index (χ2n) is 4.77. The zero-order valence-electron chi connectivity index (χ0n) is 10.2. The van der Waals surface area contributed by atoms with Gasteiger partial charge < -0.3 is 10.1 Å². The van der Waals surface area contributed by atoms with Crippen LogP contribution in [0.15, 0.2) is 12.1 Å². The maximum atomic E-state index is 6.15. The molecule has 1 saturated heterocycles. The molecule has 1 aromatic rings. The van der Waals surface area contributed by atoms with Crippen LogP contribution >= 0.6 is 11.3 Å². The van der Waals surface area contributed by atoms with Crippen molar-refractivity contribution < 1.29 is 4.74 Å². The van der Waals surface area contributed by atoms with Gasteiger partial charge in [-0.3, -0.25) is 0 Å². The average Bonchev–Trinajstić information content (AvgIpc) is 2.66. The van der Waals surface area contributed by atoms with Crippen LogP contribution in [0, 0.1) is 0 Å². The highest BCUT2D eigenvalue weighted by atomic mass is 32.1. The third-order valence-corrected chi connectivity index (χ3v) is 4.16. The minimum atomic E-state index is 0.0413. The lowest BCUT2D eigenvalue weighted by Crippen LogP contribution is -2.43. The van der Waals surface area contributed by atoms with Crippen LogP contribution in [0.1, 0.15) is 38.0 Å². The molecule has 1 N–H and O–H groups in total. The van der Waals surface area contributed by atoms with E-state index in [0.29, 0.717) is 0 Å². The van der Waals surface area contributed by atoms with E-state index < -0.39 is 0 Å². The number of ether oxygens (including phenoxy) is 1. The van der Waals surface area contributed by atoms with Gasteiger partial charge in [0.25, 0.3) is 0 Å². The fourth-order valence-corrected chi connectivity index (χ4v) is 3.17. The molecule has 1 aromatic heterocycles. The van der Waals surface area contributed by atoms with Gasteiger partial charge in [-0.25, -0.2) is 0 Å². The van der Waals surface area contributed by atoms with Crippen molar-refractivity contribution in [2.24, 2.45) is 0 Å². The Kier molecular flexibility index (Phi) is 3.87.